The fraction of sp³-hybridized carbons (Fsp3) is 0.600. The first kappa shape index (κ1) is 20.4. The third-order valence-corrected chi connectivity index (χ3v) is 4.51. The van der Waals surface area contributed by atoms with Crippen LogP contribution in [-0.4, -0.2) is 62.8 Å². The third-order valence-electron chi connectivity index (χ3n) is 4.51. The normalized spacial score (nSPS) is 16.0. The van der Waals surface area contributed by atoms with E-state index in [2.05, 4.69) is 10.2 Å². The van der Waals surface area contributed by atoms with Gasteiger partial charge in [-0.15, -0.1) is 0 Å². The average Bonchev–Trinajstić information content (AvgIpc) is 2.67. The van der Waals surface area contributed by atoms with E-state index in [0.29, 0.717) is 19.4 Å². The monoisotopic (exact) mass is 362 g/mol. The molecule has 6 nitrogen and oxygen atoms in total. The Morgan fingerprint density at radius 1 is 1.23 bits per heavy atom. The van der Waals surface area contributed by atoms with Crippen molar-refractivity contribution >= 4 is 11.9 Å². The van der Waals surface area contributed by atoms with Gasteiger partial charge in [-0.3, -0.25) is 14.5 Å². The van der Waals surface area contributed by atoms with Gasteiger partial charge in [-0.05, 0) is 38.3 Å². The first-order valence-corrected chi connectivity index (χ1v) is 9.49. The van der Waals surface area contributed by atoms with Crippen molar-refractivity contribution in [3.63, 3.8) is 0 Å². The van der Waals surface area contributed by atoms with Crippen LogP contribution in [0.2, 0.25) is 0 Å². The molecule has 0 bridgehead atoms. The number of benzene rings is 1. The number of carbonyl (C=O) groups is 2. The molecule has 0 aliphatic carbocycles. The van der Waals surface area contributed by atoms with Crippen LogP contribution in [0.4, 0.5) is 0 Å². The number of amides is 1. The zero-order valence-corrected chi connectivity index (χ0v) is 15.6. The Kier molecular flexibility index (Phi) is 9.14. The van der Waals surface area contributed by atoms with Crippen molar-refractivity contribution in [3.8, 4) is 0 Å². The number of rotatable bonds is 10. The average molecular weight is 362 g/mol. The van der Waals surface area contributed by atoms with Crippen molar-refractivity contribution < 1.29 is 19.1 Å². The van der Waals surface area contributed by atoms with Gasteiger partial charge in [0.15, 0.2) is 0 Å². The van der Waals surface area contributed by atoms with E-state index in [1.807, 2.05) is 30.3 Å². The van der Waals surface area contributed by atoms with Crippen molar-refractivity contribution in [1.82, 2.24) is 10.2 Å². The summed E-state index contributed by atoms with van der Waals surface area (Å²) < 4.78 is 10.4. The standard InChI is InChI=1S/C20H30N2O4/c1-2-26-20(24)18(10-9-17-7-4-3-5-8-17)19(23)21-11-6-12-22-13-15-25-16-14-22/h3-5,7-8,18H,2,6,9-16H2,1H3,(H,21,23). The van der Waals surface area contributed by atoms with Gasteiger partial charge in [0.1, 0.15) is 5.92 Å². The van der Waals surface area contributed by atoms with Gasteiger partial charge in [0.25, 0.3) is 0 Å². The van der Waals surface area contributed by atoms with Crippen molar-refractivity contribution in [3.05, 3.63) is 35.9 Å². The second kappa shape index (κ2) is 11.6. The van der Waals surface area contributed by atoms with E-state index in [-0.39, 0.29) is 12.5 Å². The summed E-state index contributed by atoms with van der Waals surface area (Å²) in [6, 6.07) is 9.87. The molecule has 1 unspecified atom stereocenters. The Balaban J connectivity index is 1.77. The van der Waals surface area contributed by atoms with Crippen LogP contribution in [-0.2, 0) is 25.5 Å². The first-order valence-electron chi connectivity index (χ1n) is 9.49. The predicted molar refractivity (Wildman–Crippen MR) is 99.8 cm³/mol. The minimum absolute atomic E-state index is 0.235. The number of aryl methyl sites for hydroxylation is 1. The van der Waals surface area contributed by atoms with Gasteiger partial charge in [-0.1, -0.05) is 30.3 Å². The van der Waals surface area contributed by atoms with E-state index in [1.54, 1.807) is 6.92 Å². The Labute approximate surface area is 155 Å². The molecule has 1 aliphatic heterocycles. The van der Waals surface area contributed by atoms with Crippen LogP contribution >= 0.6 is 0 Å². The number of nitrogens with one attached hydrogen (secondary N) is 1. The van der Waals surface area contributed by atoms with E-state index in [4.69, 9.17) is 9.47 Å². The van der Waals surface area contributed by atoms with Crippen molar-refractivity contribution in [2.75, 3.05) is 46.0 Å². The smallest absolute Gasteiger partial charge is 0.318 e. The van der Waals surface area contributed by atoms with Crippen LogP contribution in [0.25, 0.3) is 0 Å². The zero-order valence-electron chi connectivity index (χ0n) is 15.6. The molecular formula is C20H30N2O4. The predicted octanol–water partition coefficient (Wildman–Crippen LogP) is 1.64. The van der Waals surface area contributed by atoms with E-state index in [9.17, 15) is 9.59 Å². The second-order valence-electron chi connectivity index (χ2n) is 6.43. The van der Waals surface area contributed by atoms with Crippen LogP contribution in [0.5, 0.6) is 0 Å². The van der Waals surface area contributed by atoms with Crippen LogP contribution < -0.4 is 5.32 Å². The quantitative estimate of drug-likeness (QED) is 0.389. The number of esters is 1. The number of nitrogens with zero attached hydrogens (tertiary/aromatic N) is 1. The maximum absolute atomic E-state index is 12.5. The SMILES string of the molecule is CCOC(=O)C(CCc1ccccc1)C(=O)NCCCN1CCOCC1. The Bertz CT molecular complexity index is 544. The lowest BCUT2D eigenvalue weighted by Crippen LogP contribution is -2.40. The molecule has 1 atom stereocenters. The molecule has 1 aliphatic rings. The molecule has 0 saturated carbocycles. The number of morpholine rings is 1. The number of hydrogen-bond acceptors (Lipinski definition) is 5. The molecule has 1 fully saturated rings. The van der Waals surface area contributed by atoms with E-state index < -0.39 is 11.9 Å². The van der Waals surface area contributed by atoms with Crippen LogP contribution in [0.15, 0.2) is 30.3 Å². The van der Waals surface area contributed by atoms with Crippen LogP contribution in [0.3, 0.4) is 0 Å². The molecule has 1 aromatic rings. The fourth-order valence-electron chi connectivity index (χ4n) is 3.02. The minimum Gasteiger partial charge on any atom is -0.465 e. The molecule has 1 heterocycles. The first-order chi connectivity index (χ1) is 12.7. The lowest BCUT2D eigenvalue weighted by Gasteiger charge is -2.26. The molecule has 2 rings (SSSR count). The molecule has 0 radical (unpaired) electrons. The topological polar surface area (TPSA) is 67.9 Å². The summed E-state index contributed by atoms with van der Waals surface area (Å²) in [4.78, 5) is 27.0. The molecular weight excluding hydrogens is 332 g/mol. The summed E-state index contributed by atoms with van der Waals surface area (Å²) in [5, 5.41) is 2.90. The summed E-state index contributed by atoms with van der Waals surface area (Å²) in [5.74, 6) is -1.42. The van der Waals surface area contributed by atoms with Crippen molar-refractivity contribution in [1.29, 1.82) is 0 Å². The summed E-state index contributed by atoms with van der Waals surface area (Å²) >= 11 is 0. The van der Waals surface area contributed by atoms with Crippen LogP contribution in [0.1, 0.15) is 25.3 Å². The van der Waals surface area contributed by atoms with Gasteiger partial charge in [-0.2, -0.15) is 0 Å². The molecule has 1 amide bonds. The van der Waals surface area contributed by atoms with E-state index in [0.717, 1.165) is 44.8 Å². The largest absolute Gasteiger partial charge is 0.465 e. The Morgan fingerprint density at radius 3 is 2.65 bits per heavy atom. The minimum atomic E-state index is -0.751. The fourth-order valence-corrected chi connectivity index (χ4v) is 3.02. The highest BCUT2D eigenvalue weighted by atomic mass is 16.5. The Hall–Kier alpha value is -1.92. The summed E-state index contributed by atoms with van der Waals surface area (Å²) in [6.45, 7) is 6.97. The Morgan fingerprint density at radius 2 is 1.96 bits per heavy atom. The molecule has 6 heteroatoms. The van der Waals surface area contributed by atoms with Gasteiger partial charge >= 0.3 is 5.97 Å². The molecule has 1 N–H and O–H groups in total. The summed E-state index contributed by atoms with van der Waals surface area (Å²) in [6.07, 6.45) is 1.99. The highest BCUT2D eigenvalue weighted by Crippen LogP contribution is 2.12. The van der Waals surface area contributed by atoms with Crippen molar-refractivity contribution in [2.45, 2.75) is 26.2 Å². The van der Waals surface area contributed by atoms with Gasteiger partial charge in [0.2, 0.25) is 5.91 Å². The highest BCUT2D eigenvalue weighted by molar-refractivity contribution is 5.97. The zero-order chi connectivity index (χ0) is 18.6. The van der Waals surface area contributed by atoms with E-state index >= 15 is 0 Å². The highest BCUT2D eigenvalue weighted by Gasteiger charge is 2.27. The summed E-state index contributed by atoms with van der Waals surface area (Å²) in [5.41, 5.74) is 1.11. The lowest BCUT2D eigenvalue weighted by molar-refractivity contribution is -0.152. The molecule has 1 aromatic carbocycles. The van der Waals surface area contributed by atoms with Crippen LogP contribution in [0, 0.1) is 5.92 Å². The maximum Gasteiger partial charge on any atom is 0.318 e. The molecule has 1 saturated heterocycles. The third kappa shape index (κ3) is 7.14. The van der Waals surface area contributed by atoms with Gasteiger partial charge in [0.05, 0.1) is 19.8 Å². The van der Waals surface area contributed by atoms with Gasteiger partial charge in [-0.25, -0.2) is 0 Å². The van der Waals surface area contributed by atoms with Gasteiger partial charge < -0.3 is 14.8 Å². The van der Waals surface area contributed by atoms with Crippen molar-refractivity contribution in [2.24, 2.45) is 5.92 Å². The summed E-state index contributed by atoms with van der Waals surface area (Å²) in [7, 11) is 0. The maximum atomic E-state index is 12.5. The van der Waals surface area contributed by atoms with E-state index in [1.165, 1.54) is 0 Å². The number of hydrogen-bond donors (Lipinski definition) is 1. The number of carbonyl (C=O) groups excluding carboxylic acids is 2. The molecule has 0 spiro atoms. The molecule has 0 aromatic heterocycles. The second-order valence-corrected chi connectivity index (χ2v) is 6.43. The van der Waals surface area contributed by atoms with Gasteiger partial charge in [0, 0.05) is 19.6 Å². The lowest BCUT2D eigenvalue weighted by atomic mass is 9.98. The molecule has 26 heavy (non-hydrogen) atoms. The number of ether oxygens (including phenoxy) is 2. The molecule has 144 valence electrons.